The maximum Gasteiger partial charge on any atom is 0.271 e. The summed E-state index contributed by atoms with van der Waals surface area (Å²) in [5.41, 5.74) is 0.278. The molecule has 1 saturated carbocycles. The summed E-state index contributed by atoms with van der Waals surface area (Å²) in [5.74, 6) is 1.49. The van der Waals surface area contributed by atoms with E-state index >= 15 is 0 Å². The maximum absolute atomic E-state index is 12.2. The van der Waals surface area contributed by atoms with Crippen LogP contribution in [0.15, 0.2) is 22.7 Å². The van der Waals surface area contributed by atoms with Gasteiger partial charge in [-0.05, 0) is 37.3 Å². The minimum absolute atomic E-state index is 0.139. The number of carbonyl (C=O) groups is 1. The van der Waals surface area contributed by atoms with E-state index in [1.54, 1.807) is 25.3 Å². The van der Waals surface area contributed by atoms with E-state index in [0.29, 0.717) is 22.7 Å². The molecule has 2 aromatic heterocycles. The zero-order valence-corrected chi connectivity index (χ0v) is 13.0. The lowest BCUT2D eigenvalue weighted by Gasteiger charge is -2.13. The van der Waals surface area contributed by atoms with Gasteiger partial charge in [-0.1, -0.05) is 11.6 Å². The summed E-state index contributed by atoms with van der Waals surface area (Å²) in [5, 5.41) is 11.2. The number of hydrogen-bond donors (Lipinski definition) is 1. The number of aryl methyl sites for hydroxylation is 1. The van der Waals surface area contributed by atoms with Gasteiger partial charge in [-0.25, -0.2) is 4.98 Å². The highest BCUT2D eigenvalue weighted by Gasteiger charge is 2.28. The molecule has 0 saturated heterocycles. The molecule has 6 nitrogen and oxygen atoms in total. The summed E-state index contributed by atoms with van der Waals surface area (Å²) in [6.07, 6.45) is 5.20. The second-order valence-electron chi connectivity index (χ2n) is 5.60. The highest BCUT2D eigenvalue weighted by Crippen LogP contribution is 2.28. The molecule has 0 aromatic carbocycles. The standard InChI is InChI=1S/C15H17ClN4O2/c1-9-19-20-13(22-9)8-10-4-5-11(7-10)18-15(21)14-12(16)3-2-6-17-14/h2-3,6,10-11H,4-5,7-8H2,1H3,(H,18,21)/t10-,11+/m1/s1. The fourth-order valence-electron chi connectivity index (χ4n) is 2.86. The van der Waals surface area contributed by atoms with Crippen LogP contribution in [0.5, 0.6) is 0 Å². The van der Waals surface area contributed by atoms with Crippen LogP contribution in [0.2, 0.25) is 5.02 Å². The van der Waals surface area contributed by atoms with Gasteiger partial charge in [-0.3, -0.25) is 4.79 Å². The molecule has 0 aliphatic heterocycles. The average Bonchev–Trinajstić information content (AvgIpc) is 3.09. The van der Waals surface area contributed by atoms with E-state index in [1.807, 2.05) is 0 Å². The highest BCUT2D eigenvalue weighted by atomic mass is 35.5. The van der Waals surface area contributed by atoms with E-state index in [4.69, 9.17) is 16.0 Å². The fourth-order valence-corrected chi connectivity index (χ4v) is 3.07. The minimum atomic E-state index is -0.218. The summed E-state index contributed by atoms with van der Waals surface area (Å²) in [6.45, 7) is 1.78. The van der Waals surface area contributed by atoms with Crippen LogP contribution < -0.4 is 5.32 Å². The zero-order valence-electron chi connectivity index (χ0n) is 12.3. The van der Waals surface area contributed by atoms with Gasteiger partial charge in [0.25, 0.3) is 5.91 Å². The van der Waals surface area contributed by atoms with Crippen molar-refractivity contribution in [3.05, 3.63) is 40.8 Å². The van der Waals surface area contributed by atoms with Crippen LogP contribution in [0.25, 0.3) is 0 Å². The SMILES string of the molecule is Cc1nnc(C[C@@H]2CC[C@H](NC(=O)c3ncccc3Cl)C2)o1. The lowest BCUT2D eigenvalue weighted by atomic mass is 10.0. The minimum Gasteiger partial charge on any atom is -0.426 e. The number of aromatic nitrogens is 3. The molecule has 0 radical (unpaired) electrons. The average molecular weight is 321 g/mol. The van der Waals surface area contributed by atoms with Crippen LogP contribution in [0.3, 0.4) is 0 Å². The molecule has 1 aliphatic rings. The summed E-state index contributed by atoms with van der Waals surface area (Å²) in [4.78, 5) is 16.2. The number of pyridine rings is 1. The second-order valence-corrected chi connectivity index (χ2v) is 6.01. The Labute approximate surface area is 133 Å². The largest absolute Gasteiger partial charge is 0.426 e. The topological polar surface area (TPSA) is 80.9 Å². The van der Waals surface area contributed by atoms with Gasteiger partial charge in [0.05, 0.1) is 5.02 Å². The Morgan fingerprint density at radius 3 is 3.05 bits per heavy atom. The summed E-state index contributed by atoms with van der Waals surface area (Å²) in [6, 6.07) is 3.51. The summed E-state index contributed by atoms with van der Waals surface area (Å²) >= 11 is 5.99. The van der Waals surface area contributed by atoms with Crippen molar-refractivity contribution >= 4 is 17.5 Å². The van der Waals surface area contributed by atoms with Crippen LogP contribution in [0, 0.1) is 12.8 Å². The van der Waals surface area contributed by atoms with E-state index in [0.717, 1.165) is 25.7 Å². The van der Waals surface area contributed by atoms with Gasteiger partial charge < -0.3 is 9.73 Å². The van der Waals surface area contributed by atoms with E-state index in [9.17, 15) is 4.79 Å². The molecule has 1 fully saturated rings. The normalized spacial score (nSPS) is 21.0. The number of amides is 1. The van der Waals surface area contributed by atoms with E-state index in [-0.39, 0.29) is 17.6 Å². The Morgan fingerprint density at radius 1 is 1.45 bits per heavy atom. The van der Waals surface area contributed by atoms with E-state index in [2.05, 4.69) is 20.5 Å². The third-order valence-corrected chi connectivity index (χ3v) is 4.19. The molecular formula is C15H17ClN4O2. The molecule has 1 N–H and O–H groups in total. The molecular weight excluding hydrogens is 304 g/mol. The van der Waals surface area contributed by atoms with Crippen LogP contribution in [-0.4, -0.2) is 27.1 Å². The Kier molecular flexibility index (Phi) is 4.38. The third kappa shape index (κ3) is 3.44. The van der Waals surface area contributed by atoms with Crippen LogP contribution in [-0.2, 0) is 6.42 Å². The highest BCUT2D eigenvalue weighted by molar-refractivity contribution is 6.33. The monoisotopic (exact) mass is 320 g/mol. The Bertz CT molecular complexity index is 673. The van der Waals surface area contributed by atoms with Crippen molar-refractivity contribution in [1.29, 1.82) is 0 Å². The van der Waals surface area contributed by atoms with Crippen molar-refractivity contribution < 1.29 is 9.21 Å². The molecule has 0 unspecified atom stereocenters. The Hall–Kier alpha value is -1.95. The molecule has 0 spiro atoms. The first-order valence-corrected chi connectivity index (χ1v) is 7.70. The number of hydrogen-bond acceptors (Lipinski definition) is 5. The molecule has 2 heterocycles. The zero-order chi connectivity index (χ0) is 15.5. The van der Waals surface area contributed by atoms with Gasteiger partial charge in [-0.15, -0.1) is 10.2 Å². The Balaban J connectivity index is 1.55. The van der Waals surface area contributed by atoms with Crippen molar-refractivity contribution in [2.24, 2.45) is 5.92 Å². The molecule has 2 atom stereocenters. The van der Waals surface area contributed by atoms with Gasteiger partial charge in [0.1, 0.15) is 5.69 Å². The maximum atomic E-state index is 12.2. The van der Waals surface area contributed by atoms with Crippen molar-refractivity contribution in [2.45, 2.75) is 38.6 Å². The summed E-state index contributed by atoms with van der Waals surface area (Å²) in [7, 11) is 0. The molecule has 7 heteroatoms. The van der Waals surface area contributed by atoms with Crippen molar-refractivity contribution in [3.8, 4) is 0 Å². The van der Waals surface area contributed by atoms with Gasteiger partial charge in [-0.2, -0.15) is 0 Å². The number of nitrogens with one attached hydrogen (secondary N) is 1. The van der Waals surface area contributed by atoms with Crippen molar-refractivity contribution in [1.82, 2.24) is 20.5 Å². The first kappa shape index (κ1) is 15.0. The summed E-state index contributed by atoms with van der Waals surface area (Å²) < 4.78 is 5.41. The van der Waals surface area contributed by atoms with Gasteiger partial charge in [0.2, 0.25) is 11.8 Å². The predicted molar refractivity (Wildman–Crippen MR) is 80.6 cm³/mol. The molecule has 116 valence electrons. The number of rotatable bonds is 4. The molecule has 0 bridgehead atoms. The van der Waals surface area contributed by atoms with Crippen LogP contribution >= 0.6 is 11.6 Å². The predicted octanol–water partition coefficient (Wildman–Crippen LogP) is 2.57. The quantitative estimate of drug-likeness (QED) is 0.936. The fraction of sp³-hybridized carbons (Fsp3) is 0.467. The van der Waals surface area contributed by atoms with Gasteiger partial charge >= 0.3 is 0 Å². The molecule has 1 aliphatic carbocycles. The van der Waals surface area contributed by atoms with E-state index in [1.165, 1.54) is 0 Å². The first-order chi connectivity index (χ1) is 10.6. The van der Waals surface area contributed by atoms with Crippen molar-refractivity contribution in [2.75, 3.05) is 0 Å². The molecule has 2 aromatic rings. The number of halogens is 1. The lowest BCUT2D eigenvalue weighted by molar-refractivity contribution is 0.0932. The smallest absolute Gasteiger partial charge is 0.271 e. The van der Waals surface area contributed by atoms with Gasteiger partial charge in [0.15, 0.2) is 0 Å². The van der Waals surface area contributed by atoms with Crippen molar-refractivity contribution in [3.63, 3.8) is 0 Å². The molecule has 22 heavy (non-hydrogen) atoms. The van der Waals surface area contributed by atoms with Gasteiger partial charge in [0, 0.05) is 25.6 Å². The Morgan fingerprint density at radius 2 is 2.32 bits per heavy atom. The number of nitrogens with zero attached hydrogens (tertiary/aromatic N) is 3. The second kappa shape index (κ2) is 6.44. The molecule has 1 amide bonds. The van der Waals surface area contributed by atoms with Crippen LogP contribution in [0.4, 0.5) is 0 Å². The lowest BCUT2D eigenvalue weighted by Crippen LogP contribution is -2.33. The third-order valence-electron chi connectivity index (χ3n) is 3.88. The number of carbonyl (C=O) groups excluding carboxylic acids is 1. The van der Waals surface area contributed by atoms with Crippen LogP contribution in [0.1, 0.15) is 41.5 Å². The molecule has 3 rings (SSSR count). The first-order valence-electron chi connectivity index (χ1n) is 7.32. The van der Waals surface area contributed by atoms with E-state index < -0.39 is 0 Å².